The molecule has 1 aromatic carbocycles. The van der Waals surface area contributed by atoms with E-state index in [2.05, 4.69) is 10.0 Å². The Hall–Kier alpha value is -1.15. The Morgan fingerprint density at radius 1 is 1.42 bits per heavy atom. The van der Waals surface area contributed by atoms with Crippen LogP contribution in [0.5, 0.6) is 0 Å². The summed E-state index contributed by atoms with van der Waals surface area (Å²) in [6.45, 7) is 8.53. The highest BCUT2D eigenvalue weighted by Crippen LogP contribution is 2.33. The molecule has 1 aromatic rings. The molecule has 2 N–H and O–H groups in total. The zero-order chi connectivity index (χ0) is 17.2. The van der Waals surface area contributed by atoms with Crippen LogP contribution in [0.1, 0.15) is 33.3 Å². The van der Waals surface area contributed by atoms with E-state index in [1.807, 2.05) is 20.8 Å². The molecule has 8 heteroatoms. The van der Waals surface area contributed by atoms with Crippen molar-refractivity contribution in [2.45, 2.75) is 51.1 Å². The van der Waals surface area contributed by atoms with Gasteiger partial charge in [-0.15, -0.1) is 12.4 Å². The van der Waals surface area contributed by atoms with Crippen molar-refractivity contribution in [2.75, 3.05) is 18.0 Å². The Kier molecular flexibility index (Phi) is 7.22. The molecule has 1 heterocycles. The summed E-state index contributed by atoms with van der Waals surface area (Å²) in [5, 5.41) is 3.16. The van der Waals surface area contributed by atoms with E-state index in [0.717, 1.165) is 17.8 Å². The summed E-state index contributed by atoms with van der Waals surface area (Å²) in [5.74, 6) is -0.0237. The maximum absolute atomic E-state index is 12.4. The zero-order valence-corrected chi connectivity index (χ0v) is 16.1. The summed E-state index contributed by atoms with van der Waals surface area (Å²) in [4.78, 5) is 13.7. The Morgan fingerprint density at radius 3 is 2.67 bits per heavy atom. The first-order chi connectivity index (χ1) is 10.8. The summed E-state index contributed by atoms with van der Waals surface area (Å²) < 4.78 is 27.5. The number of rotatable bonds is 6. The number of amides is 1. The fourth-order valence-corrected chi connectivity index (χ4v) is 4.17. The van der Waals surface area contributed by atoms with Gasteiger partial charge in [-0.3, -0.25) is 4.79 Å². The highest BCUT2D eigenvalue weighted by Gasteiger charge is 2.30. The summed E-state index contributed by atoms with van der Waals surface area (Å²) in [7, 11) is -3.54. The van der Waals surface area contributed by atoms with Crippen LogP contribution in [-0.4, -0.2) is 39.5 Å². The smallest absolute Gasteiger partial charge is 0.240 e. The van der Waals surface area contributed by atoms with Gasteiger partial charge in [-0.05, 0) is 50.6 Å². The van der Waals surface area contributed by atoms with Gasteiger partial charge in [-0.1, -0.05) is 6.92 Å². The van der Waals surface area contributed by atoms with Crippen LogP contribution in [0, 0.1) is 0 Å². The minimum atomic E-state index is -3.54. The van der Waals surface area contributed by atoms with Crippen LogP contribution in [0.4, 0.5) is 5.69 Å². The first-order valence-electron chi connectivity index (χ1n) is 7.92. The quantitative estimate of drug-likeness (QED) is 0.793. The molecule has 6 nitrogen and oxygen atoms in total. The molecule has 0 saturated heterocycles. The lowest BCUT2D eigenvalue weighted by Gasteiger charge is -2.20. The summed E-state index contributed by atoms with van der Waals surface area (Å²) in [5.41, 5.74) is 1.71. The van der Waals surface area contributed by atoms with E-state index in [4.69, 9.17) is 0 Å². The van der Waals surface area contributed by atoms with Gasteiger partial charge in [0.25, 0.3) is 0 Å². The lowest BCUT2D eigenvalue weighted by Crippen LogP contribution is -2.38. The molecule has 0 radical (unpaired) electrons. The third kappa shape index (κ3) is 4.47. The number of nitrogens with one attached hydrogen (secondary N) is 2. The summed E-state index contributed by atoms with van der Waals surface area (Å²) in [6.07, 6.45) is 0.673. The van der Waals surface area contributed by atoms with Crippen LogP contribution in [0.3, 0.4) is 0 Å². The van der Waals surface area contributed by atoms with Crippen molar-refractivity contribution in [1.82, 2.24) is 10.0 Å². The molecular formula is C16H26ClN3O3S. The van der Waals surface area contributed by atoms with Crippen molar-refractivity contribution in [3.63, 3.8) is 0 Å². The number of hydrogen-bond donors (Lipinski definition) is 2. The van der Waals surface area contributed by atoms with Gasteiger partial charge in [-0.25, -0.2) is 13.1 Å². The lowest BCUT2D eigenvalue weighted by molar-refractivity contribution is -0.116. The molecule has 0 aliphatic carbocycles. The van der Waals surface area contributed by atoms with E-state index in [9.17, 15) is 13.2 Å². The Bertz CT molecular complexity index is 694. The molecule has 0 aromatic heterocycles. The average molecular weight is 376 g/mol. The Labute approximate surface area is 150 Å². The van der Waals surface area contributed by atoms with Crippen molar-refractivity contribution >= 4 is 34.0 Å². The van der Waals surface area contributed by atoms with E-state index in [0.29, 0.717) is 13.0 Å². The number of sulfonamides is 1. The predicted molar refractivity (Wildman–Crippen MR) is 98.3 cm³/mol. The molecule has 2 rings (SSSR count). The standard InChI is InChI=1S/C16H25N3O3S.ClH/c1-5-17-11(2)10-18-23(21,22)15-6-7-16-14(9-15)8-12(3)19(16)13(4)20;/h6-7,9,11-12,17-18H,5,8,10H2,1-4H3;1H/t11-,12?;/m1./s1. The molecule has 136 valence electrons. The number of fused-ring (bicyclic) bond motifs is 1. The third-order valence-electron chi connectivity index (χ3n) is 4.05. The number of anilines is 1. The van der Waals surface area contributed by atoms with Gasteiger partial charge in [0, 0.05) is 31.2 Å². The van der Waals surface area contributed by atoms with Crippen LogP contribution in [0.25, 0.3) is 0 Å². The molecule has 0 spiro atoms. The Balaban J connectivity index is 0.00000288. The molecule has 1 unspecified atom stereocenters. The van der Waals surface area contributed by atoms with E-state index in [1.165, 1.54) is 6.92 Å². The highest BCUT2D eigenvalue weighted by atomic mass is 35.5. The fraction of sp³-hybridized carbons (Fsp3) is 0.562. The minimum absolute atomic E-state index is 0. The van der Waals surface area contributed by atoms with Gasteiger partial charge in [0.2, 0.25) is 15.9 Å². The van der Waals surface area contributed by atoms with E-state index >= 15 is 0 Å². The Morgan fingerprint density at radius 2 is 2.08 bits per heavy atom. The maximum Gasteiger partial charge on any atom is 0.240 e. The summed E-state index contributed by atoms with van der Waals surface area (Å²) >= 11 is 0. The van der Waals surface area contributed by atoms with Gasteiger partial charge in [0.05, 0.1) is 4.90 Å². The SMILES string of the molecule is CCN[C@H](C)CNS(=O)(=O)c1ccc2c(c1)CC(C)N2C(C)=O.Cl. The van der Waals surface area contributed by atoms with Gasteiger partial charge in [0.1, 0.15) is 0 Å². The second-order valence-corrected chi connectivity index (χ2v) is 7.81. The van der Waals surface area contributed by atoms with Crippen molar-refractivity contribution < 1.29 is 13.2 Å². The van der Waals surface area contributed by atoms with Crippen molar-refractivity contribution in [1.29, 1.82) is 0 Å². The fourth-order valence-electron chi connectivity index (χ4n) is 2.99. The largest absolute Gasteiger partial charge is 0.313 e. The van der Waals surface area contributed by atoms with E-state index in [1.54, 1.807) is 23.1 Å². The van der Waals surface area contributed by atoms with Crippen LogP contribution >= 0.6 is 12.4 Å². The molecule has 1 aliphatic heterocycles. The highest BCUT2D eigenvalue weighted by molar-refractivity contribution is 7.89. The number of benzene rings is 1. The molecule has 2 atom stereocenters. The van der Waals surface area contributed by atoms with Crippen LogP contribution in [0.2, 0.25) is 0 Å². The average Bonchev–Trinajstić information content (AvgIpc) is 2.80. The van der Waals surface area contributed by atoms with Crippen LogP contribution < -0.4 is 14.9 Å². The normalized spacial score (nSPS) is 18.0. The number of nitrogens with zero attached hydrogens (tertiary/aromatic N) is 1. The molecule has 0 saturated carbocycles. The topological polar surface area (TPSA) is 78.5 Å². The van der Waals surface area contributed by atoms with E-state index < -0.39 is 10.0 Å². The molecule has 1 aliphatic rings. The van der Waals surface area contributed by atoms with Crippen molar-refractivity contribution in [2.24, 2.45) is 0 Å². The predicted octanol–water partition coefficient (Wildman–Crippen LogP) is 1.68. The van der Waals surface area contributed by atoms with Crippen molar-refractivity contribution in [3.05, 3.63) is 23.8 Å². The minimum Gasteiger partial charge on any atom is -0.313 e. The number of halogens is 1. The summed E-state index contributed by atoms with van der Waals surface area (Å²) in [6, 6.07) is 5.09. The number of carbonyl (C=O) groups excluding carboxylic acids is 1. The molecule has 0 bridgehead atoms. The zero-order valence-electron chi connectivity index (χ0n) is 14.5. The number of carbonyl (C=O) groups is 1. The molecule has 1 amide bonds. The number of likely N-dealkylation sites (N-methyl/N-ethyl adjacent to an activating group) is 1. The first kappa shape index (κ1) is 20.9. The second-order valence-electron chi connectivity index (χ2n) is 6.04. The first-order valence-corrected chi connectivity index (χ1v) is 9.40. The van der Waals surface area contributed by atoms with Gasteiger partial charge >= 0.3 is 0 Å². The lowest BCUT2D eigenvalue weighted by atomic mass is 10.1. The second kappa shape index (κ2) is 8.29. The molecule has 24 heavy (non-hydrogen) atoms. The van der Waals surface area contributed by atoms with E-state index in [-0.39, 0.29) is 35.3 Å². The van der Waals surface area contributed by atoms with Crippen LogP contribution in [-0.2, 0) is 21.2 Å². The molecular weight excluding hydrogens is 350 g/mol. The van der Waals surface area contributed by atoms with Gasteiger partial charge in [0.15, 0.2) is 0 Å². The van der Waals surface area contributed by atoms with Gasteiger partial charge < -0.3 is 10.2 Å². The van der Waals surface area contributed by atoms with Crippen LogP contribution in [0.15, 0.2) is 23.1 Å². The van der Waals surface area contributed by atoms with Gasteiger partial charge in [-0.2, -0.15) is 0 Å². The number of hydrogen-bond acceptors (Lipinski definition) is 4. The molecule has 0 fully saturated rings. The third-order valence-corrected chi connectivity index (χ3v) is 5.47. The van der Waals surface area contributed by atoms with Crippen molar-refractivity contribution in [3.8, 4) is 0 Å². The maximum atomic E-state index is 12.4. The monoisotopic (exact) mass is 375 g/mol.